The van der Waals surface area contributed by atoms with Gasteiger partial charge in [-0.1, -0.05) is 78.9 Å². The molecule has 0 unspecified atom stereocenters. The summed E-state index contributed by atoms with van der Waals surface area (Å²) >= 11 is 0. The first kappa shape index (κ1) is 47.3. The average molecular weight is 912 g/mol. The van der Waals surface area contributed by atoms with E-state index in [9.17, 15) is 33.2 Å². The van der Waals surface area contributed by atoms with Gasteiger partial charge >= 0.3 is 12.2 Å². The molecule has 2 fully saturated rings. The van der Waals surface area contributed by atoms with Crippen molar-refractivity contribution in [1.29, 1.82) is 0 Å². The topological polar surface area (TPSA) is 182 Å². The second-order valence-electron chi connectivity index (χ2n) is 16.9. The molecule has 4 aromatic carbocycles. The molecule has 4 atom stereocenters. The molecule has 4 heterocycles. The zero-order chi connectivity index (χ0) is 47.7. The highest BCUT2D eigenvalue weighted by molar-refractivity contribution is 5.75. The largest absolute Gasteiger partial charge is 0.438 e. The lowest BCUT2D eigenvalue weighted by Crippen LogP contribution is -2.49. The quantitative estimate of drug-likeness (QED) is 0.0715. The van der Waals surface area contributed by atoms with Crippen molar-refractivity contribution in [3.05, 3.63) is 180 Å². The number of pyridine rings is 2. The molecule has 15 heteroatoms. The molecule has 0 radical (unpaired) electrons. The lowest BCUT2D eigenvalue weighted by molar-refractivity contribution is -0.904. The Labute approximate surface area is 387 Å². The Morgan fingerprint density at radius 3 is 1.48 bits per heavy atom. The number of cyclic esters (lactones) is 2. The number of benzene rings is 4. The molecule has 346 valence electrons. The minimum absolute atomic E-state index is 0.0506. The number of hydrogen-bond donors (Lipinski definition) is 3. The molecule has 4 amide bonds. The highest BCUT2D eigenvalue weighted by Crippen LogP contribution is 2.42. The van der Waals surface area contributed by atoms with Crippen molar-refractivity contribution in [2.45, 2.75) is 75.7 Å². The third-order valence-corrected chi connectivity index (χ3v) is 12.7. The number of rotatable bonds is 14. The number of ether oxygens (including phenoxy) is 2. The van der Waals surface area contributed by atoms with E-state index < -0.39 is 35.2 Å². The highest BCUT2D eigenvalue weighted by atomic mass is 19.1. The molecule has 0 aliphatic carbocycles. The number of hydrogen-bond acceptors (Lipinski definition) is 8. The first-order chi connectivity index (χ1) is 32.1. The maximum atomic E-state index is 13.5. The Morgan fingerprint density at radius 2 is 1.09 bits per heavy atom. The van der Waals surface area contributed by atoms with Crippen molar-refractivity contribution in [3.63, 3.8) is 0 Å². The number of aromatic nitrogens is 2. The number of amides is 4. The van der Waals surface area contributed by atoms with Gasteiger partial charge in [0.2, 0.25) is 24.2 Å². The van der Waals surface area contributed by atoms with Gasteiger partial charge in [0.05, 0.1) is 17.6 Å². The van der Waals surface area contributed by atoms with Crippen LogP contribution in [0.15, 0.2) is 146 Å². The van der Waals surface area contributed by atoms with E-state index in [1.54, 1.807) is 52.5 Å². The zero-order valence-electron chi connectivity index (χ0n) is 37.3. The van der Waals surface area contributed by atoms with Gasteiger partial charge in [0.1, 0.15) is 22.8 Å². The van der Waals surface area contributed by atoms with E-state index in [1.165, 1.54) is 30.5 Å². The molecule has 2 aliphatic heterocycles. The summed E-state index contributed by atoms with van der Waals surface area (Å²) in [4.78, 5) is 56.6. The minimum atomic E-state index is -1.03. The summed E-state index contributed by atoms with van der Waals surface area (Å²) in [5, 5.41) is 9.64. The summed E-state index contributed by atoms with van der Waals surface area (Å²) in [6.07, 6.45) is 7.24. The van der Waals surface area contributed by atoms with Gasteiger partial charge in [0.25, 0.3) is 0 Å². The van der Waals surface area contributed by atoms with E-state index in [-0.39, 0.29) is 49.4 Å². The van der Waals surface area contributed by atoms with Crippen LogP contribution < -0.4 is 16.2 Å². The third-order valence-electron chi connectivity index (χ3n) is 12.7. The predicted molar refractivity (Wildman–Crippen MR) is 244 cm³/mol. The Hall–Kier alpha value is -7.68. The molecule has 13 nitrogen and oxygen atoms in total. The van der Waals surface area contributed by atoms with Crippen LogP contribution in [0.2, 0.25) is 0 Å². The molecular weight excluding hydrogens is 859 g/mol. The van der Waals surface area contributed by atoms with Crippen LogP contribution >= 0.6 is 0 Å². The Morgan fingerprint density at radius 1 is 0.657 bits per heavy atom. The molecule has 0 saturated carbocycles. The second kappa shape index (κ2) is 20.7. The molecule has 0 bridgehead atoms. The predicted octanol–water partition coefficient (Wildman–Crippen LogP) is 9.03. The van der Waals surface area contributed by atoms with Crippen LogP contribution in [0.5, 0.6) is 0 Å². The lowest BCUT2D eigenvalue weighted by atomic mass is 9.84. The summed E-state index contributed by atoms with van der Waals surface area (Å²) in [6.45, 7) is 4.71. The Bertz CT molecular complexity index is 2670. The smallest absolute Gasteiger partial charge is 0.411 e. The summed E-state index contributed by atoms with van der Waals surface area (Å²) in [5.74, 6) is -1.73. The minimum Gasteiger partial charge on any atom is -0.438 e. The van der Waals surface area contributed by atoms with Gasteiger partial charge in [-0.15, -0.1) is 0 Å². The van der Waals surface area contributed by atoms with Crippen LogP contribution in [-0.2, 0) is 30.3 Å². The number of halogens is 2. The number of carbonyl (C=O) groups excluding carboxylic acids is 4. The number of primary amides is 2. The third kappa shape index (κ3) is 11.2. The number of nitrogens with zero attached hydrogens (tertiary/aromatic N) is 4. The van der Waals surface area contributed by atoms with Gasteiger partial charge in [-0.3, -0.25) is 19.8 Å². The van der Waals surface area contributed by atoms with E-state index >= 15 is 0 Å². The van der Waals surface area contributed by atoms with Crippen LogP contribution in [0, 0.1) is 11.6 Å². The first-order valence-corrected chi connectivity index (χ1v) is 22.0. The normalized spacial score (nSPS) is 19.0. The number of nitrogens with two attached hydrogens (primary N) is 2. The maximum Gasteiger partial charge on any atom is 0.411 e. The standard InChI is InChI=1S/C26H26FN3O4.C26H26FN3O3/c1-18(19-4-6-20(7-5-19)21-3-2-15-29(33)17-21)30-16-14-26(34-25(30)32,13-12-24(28)31)22-8-10-23(27)11-9-22;1-18(19-4-6-20(7-5-19)21-3-2-15-29-17-21)30-16-14-26(33-25(30)32,13-12-24(28)31)22-8-10-23(27)11-9-22/h2-11,15,17-18H,12-14,16H2,1H3,(H2-,28,31,33);2-11,15,17-18H,12-14,16H2,1H3,(H2,28,31)/p+1/t2*18-,26+/m00/s1. The van der Waals surface area contributed by atoms with Gasteiger partial charge in [-0.05, 0) is 89.2 Å². The van der Waals surface area contributed by atoms with E-state index in [4.69, 9.17) is 20.9 Å². The van der Waals surface area contributed by atoms with Crippen LogP contribution in [0.1, 0.15) is 86.7 Å². The van der Waals surface area contributed by atoms with Gasteiger partial charge in [0, 0.05) is 74.8 Å². The fraction of sp³-hybridized carbons (Fsp3) is 0.269. The number of carbonyl (C=O) groups is 4. The SMILES string of the molecule is C[C@@H](c1ccc(-c2ccc[n+](O)c2)cc1)N1CC[C@](CCC(N)=O)(c2ccc(F)cc2)OC1=O.C[C@@H](c1ccc(-c2cccnc2)cc1)N1CC[C@](CCC(N)=O)(c2ccc(F)cc2)OC1=O. The van der Waals surface area contributed by atoms with E-state index in [0.717, 1.165) is 38.1 Å². The first-order valence-electron chi connectivity index (χ1n) is 22.0. The van der Waals surface area contributed by atoms with Gasteiger partial charge in [0.15, 0.2) is 0 Å². The Kier molecular flexibility index (Phi) is 14.6. The zero-order valence-corrected chi connectivity index (χ0v) is 37.3. The summed E-state index contributed by atoms with van der Waals surface area (Å²) in [5.41, 5.74) is 15.7. The van der Waals surface area contributed by atoms with Crippen molar-refractivity contribution in [2.75, 3.05) is 13.1 Å². The van der Waals surface area contributed by atoms with Crippen LogP contribution in [0.25, 0.3) is 22.3 Å². The summed E-state index contributed by atoms with van der Waals surface area (Å²) in [7, 11) is 0. The van der Waals surface area contributed by atoms with E-state index in [0.29, 0.717) is 37.1 Å². The molecule has 67 heavy (non-hydrogen) atoms. The molecular formula is C52H53F2N6O7+. The molecule has 5 N–H and O–H groups in total. The second-order valence-corrected chi connectivity index (χ2v) is 16.9. The average Bonchev–Trinajstić information content (AvgIpc) is 3.33. The van der Waals surface area contributed by atoms with E-state index in [1.807, 2.05) is 86.8 Å². The molecule has 8 rings (SSSR count). The molecule has 2 aromatic heterocycles. The summed E-state index contributed by atoms with van der Waals surface area (Å²) < 4.78 is 39.8. The molecule has 6 aromatic rings. The van der Waals surface area contributed by atoms with Crippen molar-refractivity contribution in [1.82, 2.24) is 14.8 Å². The van der Waals surface area contributed by atoms with Crippen molar-refractivity contribution < 1.29 is 47.4 Å². The molecule has 2 aliphatic rings. The Balaban J connectivity index is 0.000000199. The summed E-state index contributed by atoms with van der Waals surface area (Å²) in [6, 6.07) is 34.5. The van der Waals surface area contributed by atoms with Crippen molar-refractivity contribution in [2.24, 2.45) is 11.5 Å². The van der Waals surface area contributed by atoms with E-state index in [2.05, 4.69) is 4.98 Å². The van der Waals surface area contributed by atoms with Crippen LogP contribution in [0.4, 0.5) is 18.4 Å². The van der Waals surface area contributed by atoms with Crippen LogP contribution in [-0.4, -0.2) is 57.1 Å². The van der Waals surface area contributed by atoms with Gasteiger partial charge < -0.3 is 30.7 Å². The molecule has 0 spiro atoms. The monoisotopic (exact) mass is 911 g/mol. The fourth-order valence-electron chi connectivity index (χ4n) is 8.68. The fourth-order valence-corrected chi connectivity index (χ4v) is 8.68. The molecule has 2 saturated heterocycles. The van der Waals surface area contributed by atoms with Gasteiger partial charge in [-0.25, -0.2) is 18.4 Å². The maximum absolute atomic E-state index is 13.5. The van der Waals surface area contributed by atoms with Crippen molar-refractivity contribution in [3.8, 4) is 22.3 Å². The van der Waals surface area contributed by atoms with Crippen molar-refractivity contribution >= 4 is 24.0 Å². The lowest BCUT2D eigenvalue weighted by Gasteiger charge is -2.43. The highest BCUT2D eigenvalue weighted by Gasteiger charge is 2.45. The van der Waals surface area contributed by atoms with Crippen LogP contribution in [0.3, 0.4) is 0 Å². The van der Waals surface area contributed by atoms with Gasteiger partial charge in [-0.2, -0.15) is 0 Å².